The molecular weight excluding hydrogens is 484 g/mol. The maximum Gasteiger partial charge on any atom is 0.306 e. The predicted octanol–water partition coefficient (Wildman–Crippen LogP) is 7.43. The third-order valence-corrected chi connectivity index (χ3v) is 8.67. The number of hydrogen-bond donors (Lipinski definition) is 1. The maximum atomic E-state index is 13.5. The van der Waals surface area contributed by atoms with E-state index in [4.69, 9.17) is 11.6 Å². The van der Waals surface area contributed by atoms with E-state index in [2.05, 4.69) is 48.4 Å². The summed E-state index contributed by atoms with van der Waals surface area (Å²) in [5.41, 5.74) is 5.02. The highest BCUT2D eigenvalue weighted by atomic mass is 35.5. The molecule has 2 saturated carbocycles. The molecule has 2 aliphatic carbocycles. The number of benzene rings is 3. The molecule has 0 saturated heterocycles. The van der Waals surface area contributed by atoms with Gasteiger partial charge in [0.1, 0.15) is 0 Å². The molecule has 188 valence electrons. The van der Waals surface area contributed by atoms with Gasteiger partial charge in [-0.1, -0.05) is 66.2 Å². The van der Waals surface area contributed by atoms with Crippen LogP contribution in [0.2, 0.25) is 5.02 Å². The van der Waals surface area contributed by atoms with Crippen LogP contribution in [0, 0.1) is 17.3 Å². The highest BCUT2D eigenvalue weighted by molar-refractivity contribution is 6.32. The van der Waals surface area contributed by atoms with Crippen molar-refractivity contribution in [1.29, 1.82) is 0 Å². The summed E-state index contributed by atoms with van der Waals surface area (Å²) in [6.07, 6.45) is 5.63. The van der Waals surface area contributed by atoms with Gasteiger partial charge in [-0.2, -0.15) is 5.10 Å². The van der Waals surface area contributed by atoms with Crippen LogP contribution >= 0.6 is 11.6 Å². The maximum absolute atomic E-state index is 13.5. The summed E-state index contributed by atoms with van der Waals surface area (Å²) in [5.74, 6) is -0.518. The number of carboxylic acid groups (broad SMARTS) is 1. The molecule has 37 heavy (non-hydrogen) atoms. The molecule has 1 unspecified atom stereocenters. The lowest BCUT2D eigenvalue weighted by molar-refractivity contribution is -0.157. The first-order valence-electron chi connectivity index (χ1n) is 12.9. The van der Waals surface area contributed by atoms with Crippen molar-refractivity contribution in [2.45, 2.75) is 45.1 Å². The number of carboxylic acids is 1. The largest absolute Gasteiger partial charge is 0.481 e. The topological polar surface area (TPSA) is 72.2 Å². The molecule has 1 spiro atoms. The van der Waals surface area contributed by atoms with Crippen molar-refractivity contribution in [3.8, 4) is 11.1 Å². The number of aromatic nitrogens is 2. The second-order valence-corrected chi connectivity index (χ2v) is 11.4. The number of fused-ring (bicyclic) bond motifs is 1. The number of nitrogens with zero attached hydrogens (tertiary/aromatic N) is 2. The van der Waals surface area contributed by atoms with E-state index in [0.29, 0.717) is 22.9 Å². The second-order valence-electron chi connectivity index (χ2n) is 11.0. The van der Waals surface area contributed by atoms with Crippen LogP contribution in [0.4, 0.5) is 0 Å². The Balaban J connectivity index is 1.23. The third kappa shape index (κ3) is 4.36. The van der Waals surface area contributed by atoms with E-state index >= 15 is 0 Å². The van der Waals surface area contributed by atoms with Crippen molar-refractivity contribution in [2.75, 3.05) is 0 Å². The molecule has 0 aliphatic heterocycles. The number of aliphatic carboxylic acids is 1. The predicted molar refractivity (Wildman–Crippen MR) is 145 cm³/mol. The average molecular weight is 513 g/mol. The summed E-state index contributed by atoms with van der Waals surface area (Å²) < 4.78 is 1.93. The molecule has 1 aromatic heterocycles. The zero-order valence-corrected chi connectivity index (χ0v) is 21.5. The number of halogens is 1. The summed E-state index contributed by atoms with van der Waals surface area (Å²) in [6.45, 7) is 2.10. The van der Waals surface area contributed by atoms with Crippen molar-refractivity contribution < 1.29 is 14.7 Å². The van der Waals surface area contributed by atoms with E-state index in [1.165, 1.54) is 5.56 Å². The van der Waals surface area contributed by atoms with Gasteiger partial charge in [0, 0.05) is 22.4 Å². The molecule has 1 heterocycles. The molecule has 6 rings (SSSR count). The van der Waals surface area contributed by atoms with Crippen LogP contribution in [0.25, 0.3) is 22.0 Å². The normalized spacial score (nSPS) is 23.4. The van der Waals surface area contributed by atoms with Crippen molar-refractivity contribution in [1.82, 2.24) is 9.78 Å². The van der Waals surface area contributed by atoms with E-state index in [1.54, 1.807) is 12.3 Å². The van der Waals surface area contributed by atoms with Crippen LogP contribution in [0.5, 0.6) is 0 Å². The van der Waals surface area contributed by atoms with Gasteiger partial charge < -0.3 is 5.11 Å². The van der Waals surface area contributed by atoms with Gasteiger partial charge in [0.15, 0.2) is 5.78 Å². The lowest BCUT2D eigenvalue weighted by Gasteiger charge is -2.56. The third-order valence-electron chi connectivity index (χ3n) is 8.45. The molecule has 3 aromatic carbocycles. The number of Topliss-reactive ketones (excluding diaryl/α,β-unsaturated/α-hetero) is 1. The van der Waals surface area contributed by atoms with E-state index in [0.717, 1.165) is 47.7 Å². The quantitative estimate of drug-likeness (QED) is 0.261. The average Bonchev–Trinajstić information content (AvgIpc) is 3.27. The summed E-state index contributed by atoms with van der Waals surface area (Å²) >= 11 is 6.41. The summed E-state index contributed by atoms with van der Waals surface area (Å²) in [6, 6.07) is 22.3. The van der Waals surface area contributed by atoms with Gasteiger partial charge >= 0.3 is 5.97 Å². The van der Waals surface area contributed by atoms with E-state index in [1.807, 2.05) is 28.9 Å². The first-order chi connectivity index (χ1) is 17.8. The molecule has 4 aromatic rings. The Morgan fingerprint density at radius 2 is 1.70 bits per heavy atom. The Labute approximate surface area is 221 Å². The molecular formula is C31H29ClN2O3. The van der Waals surface area contributed by atoms with Crippen molar-refractivity contribution in [3.05, 3.63) is 89.1 Å². The van der Waals surface area contributed by atoms with Gasteiger partial charge in [-0.05, 0) is 72.8 Å². The smallest absolute Gasteiger partial charge is 0.306 e. The van der Waals surface area contributed by atoms with Gasteiger partial charge in [-0.3, -0.25) is 14.3 Å². The highest BCUT2D eigenvalue weighted by Gasteiger charge is 2.54. The van der Waals surface area contributed by atoms with E-state index < -0.39 is 5.97 Å². The molecule has 2 aliphatic rings. The van der Waals surface area contributed by atoms with Crippen LogP contribution in [-0.4, -0.2) is 26.6 Å². The van der Waals surface area contributed by atoms with Gasteiger partial charge in [0.05, 0.1) is 23.7 Å². The number of carbonyl (C=O) groups is 2. The van der Waals surface area contributed by atoms with E-state index in [-0.39, 0.29) is 23.2 Å². The molecule has 0 amide bonds. The fourth-order valence-corrected chi connectivity index (χ4v) is 6.79. The minimum Gasteiger partial charge on any atom is -0.481 e. The number of ketones is 1. The Hall–Kier alpha value is -3.44. The van der Waals surface area contributed by atoms with Crippen molar-refractivity contribution >= 4 is 34.3 Å². The molecule has 2 fully saturated rings. The lowest BCUT2D eigenvalue weighted by atomic mass is 9.47. The fourth-order valence-electron chi connectivity index (χ4n) is 6.56. The van der Waals surface area contributed by atoms with Crippen LogP contribution in [0.3, 0.4) is 0 Å². The molecule has 1 atom stereocenters. The summed E-state index contributed by atoms with van der Waals surface area (Å²) in [4.78, 5) is 24.7. The second kappa shape index (κ2) is 9.14. The van der Waals surface area contributed by atoms with Crippen LogP contribution in [0.1, 0.15) is 61.0 Å². The number of carbonyl (C=O) groups excluding carboxylic acids is 1. The minimum atomic E-state index is -0.691. The number of hydrogen-bond acceptors (Lipinski definition) is 3. The summed E-state index contributed by atoms with van der Waals surface area (Å²) in [7, 11) is 0. The Morgan fingerprint density at radius 3 is 2.38 bits per heavy atom. The fraction of sp³-hybridized carbons (Fsp3) is 0.323. The van der Waals surface area contributed by atoms with Gasteiger partial charge in [-0.15, -0.1) is 0 Å². The lowest BCUT2D eigenvalue weighted by Crippen LogP contribution is -2.50. The molecule has 1 N–H and O–H groups in total. The Kier molecular flexibility index (Phi) is 5.91. The first-order valence-corrected chi connectivity index (χ1v) is 13.3. The van der Waals surface area contributed by atoms with Gasteiger partial charge in [-0.25, -0.2) is 0 Å². The van der Waals surface area contributed by atoms with E-state index in [9.17, 15) is 14.7 Å². The first kappa shape index (κ1) is 23.9. The van der Waals surface area contributed by atoms with Crippen molar-refractivity contribution in [3.63, 3.8) is 0 Å². The van der Waals surface area contributed by atoms with Crippen LogP contribution in [-0.2, 0) is 4.79 Å². The van der Waals surface area contributed by atoms with Crippen molar-refractivity contribution in [2.24, 2.45) is 17.3 Å². The molecule has 6 heteroatoms. The monoisotopic (exact) mass is 512 g/mol. The Morgan fingerprint density at radius 1 is 1.03 bits per heavy atom. The minimum absolute atomic E-state index is 0.0649. The molecule has 0 bridgehead atoms. The van der Waals surface area contributed by atoms with Gasteiger partial charge in [0.25, 0.3) is 0 Å². The Bertz CT molecular complexity index is 1480. The zero-order chi connectivity index (χ0) is 25.7. The molecule has 5 nitrogen and oxygen atoms in total. The molecule has 0 radical (unpaired) electrons. The van der Waals surface area contributed by atoms with Crippen LogP contribution < -0.4 is 0 Å². The SMILES string of the molecule is CC(c1ccc(-c2ccccc2)cc1)n1ncc2cc(Cl)cc(C(=O)CC3CC4(C3)CC(C(=O)O)C4)c21. The standard InChI is InChI=1S/C31H29ClN2O3/c1-19(21-7-9-23(10-8-21)22-5-3-2-4-6-22)34-29-24(18-33-34)12-26(32)13-27(29)28(35)11-20-14-31(15-20)16-25(17-31)30(36)37/h2-10,12-13,18-20,25H,11,14-17H2,1H3,(H,36,37). The van der Waals surface area contributed by atoms with Crippen LogP contribution in [0.15, 0.2) is 72.9 Å². The zero-order valence-electron chi connectivity index (χ0n) is 20.7. The van der Waals surface area contributed by atoms with Gasteiger partial charge in [0.2, 0.25) is 0 Å². The summed E-state index contributed by atoms with van der Waals surface area (Å²) in [5, 5.41) is 15.3. The highest BCUT2D eigenvalue weighted by Crippen LogP contribution is 2.62. The number of rotatable bonds is 7.